The van der Waals surface area contributed by atoms with Crippen molar-refractivity contribution >= 4 is 56.0 Å². The van der Waals surface area contributed by atoms with Crippen molar-refractivity contribution in [1.29, 1.82) is 0 Å². The average molecular weight is 853 g/mol. The van der Waals surface area contributed by atoms with E-state index in [9.17, 15) is 18.0 Å². The number of benzene rings is 3. The molecule has 0 bridgehead atoms. The molecule has 0 aliphatic carbocycles. The fraction of sp³-hybridized carbons (Fsp3) is 0.163. The number of nitrogen functional groups attached to an aromatic ring is 2. The Morgan fingerprint density at radius 1 is 0.677 bits per heavy atom. The van der Waals surface area contributed by atoms with Crippen LogP contribution in [0.1, 0.15) is 28.3 Å². The molecule has 3 aromatic carbocycles. The monoisotopic (exact) mass is 852 g/mol. The summed E-state index contributed by atoms with van der Waals surface area (Å²) >= 11 is 0. The Hall–Kier alpha value is -7.61. The zero-order chi connectivity index (χ0) is 44.1. The number of nitrogens with two attached hydrogens (primary N) is 4. The number of azo groups is 2. The standard InChI is InChI=1S/C25H25N7O3S.C18H19N7O/c1-17-7-10-21(11-8-17)36(34,35)32-15-20(28-16-32)13-22(26)24(33)14-19-9-12-23(25(27)29-19)31-30-18-5-3-2-4-6-18;19-15(8-14-10-21-11-22-14)17(26)9-13-6-7-16(18(20)23-13)25-24-12-4-2-1-3-5-12/h2-12,15-16,22H,13-14,26H2,1H3,(H2,27,29);1-7,10-11,15H,8-9,19H2,(H2,20,23)(H,21,22)/t22-;15-/m00/s1. The Bertz CT molecular complexity index is 2760. The predicted molar refractivity (Wildman–Crippen MR) is 234 cm³/mol. The highest BCUT2D eigenvalue weighted by Gasteiger charge is 2.21. The van der Waals surface area contributed by atoms with E-state index in [0.29, 0.717) is 40.6 Å². The van der Waals surface area contributed by atoms with Crippen molar-refractivity contribution < 1.29 is 18.0 Å². The van der Waals surface area contributed by atoms with Crippen molar-refractivity contribution in [2.24, 2.45) is 31.9 Å². The number of rotatable bonds is 16. The maximum atomic E-state index is 12.8. The van der Waals surface area contributed by atoms with Crippen molar-refractivity contribution in [3.05, 3.63) is 163 Å². The summed E-state index contributed by atoms with van der Waals surface area (Å²) in [6.45, 7) is 1.87. The van der Waals surface area contributed by atoms with Crippen LogP contribution in [0.25, 0.3) is 0 Å². The molecule has 4 heterocycles. The maximum Gasteiger partial charge on any atom is 0.268 e. The van der Waals surface area contributed by atoms with E-state index in [4.69, 9.17) is 22.9 Å². The molecule has 0 spiro atoms. The van der Waals surface area contributed by atoms with Gasteiger partial charge in [-0.25, -0.2) is 32.3 Å². The number of hydrogen-bond donors (Lipinski definition) is 5. The van der Waals surface area contributed by atoms with Gasteiger partial charge in [0.25, 0.3) is 10.0 Å². The number of hydrogen-bond acceptors (Lipinski definition) is 16. The van der Waals surface area contributed by atoms with E-state index in [-0.39, 0.29) is 47.4 Å². The van der Waals surface area contributed by atoms with Crippen LogP contribution < -0.4 is 22.9 Å². The topological polar surface area (TPSA) is 294 Å². The van der Waals surface area contributed by atoms with Gasteiger partial charge in [-0.2, -0.15) is 10.2 Å². The first-order chi connectivity index (χ1) is 29.8. The van der Waals surface area contributed by atoms with Gasteiger partial charge in [0.15, 0.2) is 23.2 Å². The molecular formula is C43H44N14O4S. The van der Waals surface area contributed by atoms with Crippen LogP contribution in [0.2, 0.25) is 0 Å². The molecule has 0 radical (unpaired) electrons. The van der Waals surface area contributed by atoms with Crippen LogP contribution in [0.3, 0.4) is 0 Å². The number of Topliss-reactive ketones (excluding diaryl/α,β-unsaturated/α-hetero) is 2. The van der Waals surface area contributed by atoms with Crippen LogP contribution in [0, 0.1) is 6.92 Å². The molecule has 0 amide bonds. The Balaban J connectivity index is 0.000000218. The van der Waals surface area contributed by atoms with Crippen LogP contribution in [-0.2, 0) is 45.3 Å². The van der Waals surface area contributed by atoms with Crippen molar-refractivity contribution in [2.75, 3.05) is 11.5 Å². The maximum absolute atomic E-state index is 12.8. The summed E-state index contributed by atoms with van der Waals surface area (Å²) < 4.78 is 26.6. The lowest BCUT2D eigenvalue weighted by atomic mass is 10.0. The van der Waals surface area contributed by atoms with Crippen molar-refractivity contribution in [3.8, 4) is 0 Å². The van der Waals surface area contributed by atoms with Gasteiger partial charge in [0.1, 0.15) is 17.7 Å². The lowest BCUT2D eigenvalue weighted by molar-refractivity contribution is -0.120. The fourth-order valence-electron chi connectivity index (χ4n) is 5.72. The second-order valence-corrected chi connectivity index (χ2v) is 15.8. The molecule has 0 saturated heterocycles. The van der Waals surface area contributed by atoms with E-state index in [0.717, 1.165) is 20.9 Å². The molecule has 9 N–H and O–H groups in total. The van der Waals surface area contributed by atoms with E-state index >= 15 is 0 Å². The first-order valence-corrected chi connectivity index (χ1v) is 20.6. The van der Waals surface area contributed by atoms with Crippen LogP contribution in [0.15, 0.2) is 160 Å². The largest absolute Gasteiger partial charge is 0.382 e. The van der Waals surface area contributed by atoms with Gasteiger partial charge in [0.05, 0.1) is 64.6 Å². The van der Waals surface area contributed by atoms with Gasteiger partial charge in [-0.05, 0) is 67.6 Å². The number of anilines is 2. The number of nitrogens with one attached hydrogen (secondary N) is 1. The van der Waals surface area contributed by atoms with Gasteiger partial charge in [0, 0.05) is 30.9 Å². The summed E-state index contributed by atoms with van der Waals surface area (Å²) in [5.41, 5.74) is 29.3. The van der Waals surface area contributed by atoms with Gasteiger partial charge in [-0.1, -0.05) is 54.1 Å². The summed E-state index contributed by atoms with van der Waals surface area (Å²) in [4.78, 5) is 44.5. The van der Waals surface area contributed by atoms with Crippen LogP contribution in [0.5, 0.6) is 0 Å². The number of nitrogens with zero attached hydrogens (tertiary/aromatic N) is 9. The number of aromatic nitrogens is 6. The number of H-pyrrole nitrogens is 1. The third-order valence-electron chi connectivity index (χ3n) is 9.15. The minimum Gasteiger partial charge on any atom is -0.382 e. The normalized spacial score (nSPS) is 12.5. The van der Waals surface area contributed by atoms with Gasteiger partial charge < -0.3 is 27.9 Å². The van der Waals surface area contributed by atoms with Gasteiger partial charge in [-0.15, -0.1) is 10.2 Å². The molecule has 0 unspecified atom stereocenters. The molecule has 62 heavy (non-hydrogen) atoms. The van der Waals surface area contributed by atoms with Crippen molar-refractivity contribution in [1.82, 2.24) is 28.9 Å². The van der Waals surface area contributed by atoms with Gasteiger partial charge in [-0.3, -0.25) is 9.59 Å². The minimum atomic E-state index is -3.78. The number of ketones is 2. The predicted octanol–water partition coefficient (Wildman–Crippen LogP) is 5.99. The molecule has 7 rings (SSSR count). The SMILES string of the molecule is Cc1ccc(S(=O)(=O)n2cnc(C[C@H](N)C(=O)Cc3ccc(N=Nc4ccccc4)c(N)n3)c2)cc1.Nc1nc(CC(=O)[C@@H](N)Cc2cnc[nH]2)ccc1N=Nc1ccccc1. The highest BCUT2D eigenvalue weighted by molar-refractivity contribution is 7.90. The number of aromatic amines is 1. The molecule has 18 nitrogen and oxygen atoms in total. The van der Waals surface area contributed by atoms with E-state index < -0.39 is 22.1 Å². The third-order valence-corrected chi connectivity index (χ3v) is 10.8. The van der Waals surface area contributed by atoms with Crippen LogP contribution in [-0.4, -0.2) is 61.0 Å². The number of aryl methyl sites for hydroxylation is 1. The van der Waals surface area contributed by atoms with Gasteiger partial charge in [0.2, 0.25) is 0 Å². The molecule has 0 aliphatic heterocycles. The molecule has 0 fully saturated rings. The highest BCUT2D eigenvalue weighted by atomic mass is 32.2. The second-order valence-electron chi connectivity index (χ2n) is 14.0. The van der Waals surface area contributed by atoms with Crippen LogP contribution in [0.4, 0.5) is 34.4 Å². The minimum absolute atomic E-state index is 0.0378. The number of imidazole rings is 2. The van der Waals surface area contributed by atoms with E-state index in [1.807, 2.05) is 67.6 Å². The molecule has 7 aromatic rings. The smallest absolute Gasteiger partial charge is 0.268 e. The summed E-state index contributed by atoms with van der Waals surface area (Å²) in [5.74, 6) is -0.0348. The molecule has 0 aliphatic rings. The molecular weight excluding hydrogens is 809 g/mol. The Labute approximate surface area is 357 Å². The molecule has 2 atom stereocenters. The highest BCUT2D eigenvalue weighted by Crippen LogP contribution is 2.25. The van der Waals surface area contributed by atoms with E-state index in [2.05, 4.69) is 45.4 Å². The van der Waals surface area contributed by atoms with Crippen LogP contribution >= 0.6 is 0 Å². The fourth-order valence-corrected chi connectivity index (χ4v) is 6.87. The number of carbonyl (C=O) groups is 2. The zero-order valence-electron chi connectivity index (χ0n) is 33.6. The Morgan fingerprint density at radius 3 is 1.68 bits per heavy atom. The van der Waals surface area contributed by atoms with Crippen molar-refractivity contribution in [3.63, 3.8) is 0 Å². The summed E-state index contributed by atoms with van der Waals surface area (Å²) in [6.07, 6.45) is 6.32. The summed E-state index contributed by atoms with van der Waals surface area (Å²) in [7, 11) is -3.78. The number of carbonyl (C=O) groups excluding carboxylic acids is 2. The number of pyridine rings is 2. The molecule has 4 aromatic heterocycles. The van der Waals surface area contributed by atoms with E-state index in [1.165, 1.54) is 24.7 Å². The molecule has 0 saturated carbocycles. The average Bonchev–Trinajstić information content (AvgIpc) is 3.97. The Kier molecular flexibility index (Phi) is 14.6. The van der Waals surface area contributed by atoms with Gasteiger partial charge >= 0.3 is 0 Å². The van der Waals surface area contributed by atoms with Crippen molar-refractivity contribution in [2.45, 2.75) is 49.6 Å². The molecule has 316 valence electrons. The zero-order valence-corrected chi connectivity index (χ0v) is 34.4. The lowest BCUT2D eigenvalue weighted by Crippen LogP contribution is -2.34. The van der Waals surface area contributed by atoms with E-state index in [1.54, 1.807) is 48.9 Å². The Morgan fingerprint density at radius 2 is 1.19 bits per heavy atom. The lowest BCUT2D eigenvalue weighted by Gasteiger charge is -2.09. The quantitative estimate of drug-likeness (QED) is 0.0701. The first kappa shape index (κ1) is 44.0. The first-order valence-electron chi connectivity index (χ1n) is 19.2. The second kappa shape index (κ2) is 20.6. The summed E-state index contributed by atoms with van der Waals surface area (Å²) in [5, 5.41) is 16.4. The third kappa shape index (κ3) is 12.2. The summed E-state index contributed by atoms with van der Waals surface area (Å²) in [6, 6.07) is 30.2. The molecule has 19 heteroatoms.